The number of hydrogen-bond acceptors (Lipinski definition) is 4. The van der Waals surface area contributed by atoms with Crippen molar-refractivity contribution < 1.29 is 14.5 Å². The monoisotopic (exact) mass is 391 g/mol. The predicted octanol–water partition coefficient (Wildman–Crippen LogP) is 3.61. The zero-order valence-corrected chi connectivity index (χ0v) is 13.3. The summed E-state index contributed by atoms with van der Waals surface area (Å²) in [5, 5.41) is 11.2. The molecule has 0 fully saturated rings. The maximum Gasteiger partial charge on any atom is 0.314 e. The average Bonchev–Trinajstić information content (AvgIpc) is 2.46. The summed E-state index contributed by atoms with van der Waals surface area (Å²) in [6.07, 6.45) is 1.72. The molecule has 0 radical (unpaired) electrons. The molecule has 0 atom stereocenters. The molecule has 5 nitrogen and oxygen atoms in total. The first-order chi connectivity index (χ1) is 8.88. The van der Waals surface area contributed by atoms with Crippen molar-refractivity contribution in [2.75, 3.05) is 7.11 Å². The van der Waals surface area contributed by atoms with Gasteiger partial charge < -0.3 is 4.74 Å². The third kappa shape index (κ3) is 2.53. The van der Waals surface area contributed by atoms with Crippen LogP contribution >= 0.6 is 31.9 Å². The lowest BCUT2D eigenvalue weighted by molar-refractivity contribution is -0.386. The molecule has 0 N–H and O–H groups in total. The number of benzene rings is 1. The number of Topliss-reactive ketones (excluding diaryl/α,β-unsaturated/α-hetero) is 1. The van der Waals surface area contributed by atoms with Crippen molar-refractivity contribution in [1.82, 2.24) is 0 Å². The van der Waals surface area contributed by atoms with Crippen molar-refractivity contribution in [2.24, 2.45) is 0 Å². The Kier molecular flexibility index (Phi) is 3.96. The third-order valence-corrected chi connectivity index (χ3v) is 4.66. The summed E-state index contributed by atoms with van der Waals surface area (Å²) in [6, 6.07) is 3.06. The molecule has 0 bridgehead atoms. The molecule has 1 aromatic rings. The van der Waals surface area contributed by atoms with Gasteiger partial charge in [-0.25, -0.2) is 0 Å². The van der Waals surface area contributed by atoms with E-state index in [1.807, 2.05) is 0 Å². The van der Waals surface area contributed by atoms with Crippen LogP contribution in [0.15, 0.2) is 12.1 Å². The molecule has 102 valence electrons. The maximum absolute atomic E-state index is 12.4. The number of methoxy groups -OCH3 is 1. The first-order valence-corrected chi connectivity index (χ1v) is 7.24. The third-order valence-electron chi connectivity index (χ3n) is 3.14. The van der Waals surface area contributed by atoms with E-state index in [2.05, 4.69) is 31.9 Å². The fourth-order valence-corrected chi connectivity index (χ4v) is 3.23. The van der Waals surface area contributed by atoms with E-state index >= 15 is 0 Å². The van der Waals surface area contributed by atoms with Crippen molar-refractivity contribution in [3.63, 3.8) is 0 Å². The molecule has 0 saturated carbocycles. The van der Waals surface area contributed by atoms with Crippen LogP contribution in [0.25, 0.3) is 0 Å². The molecule has 0 unspecified atom stereocenters. The van der Waals surface area contributed by atoms with E-state index < -0.39 is 8.16 Å². The molecule has 1 aromatic carbocycles. The van der Waals surface area contributed by atoms with Gasteiger partial charge in [-0.15, -0.1) is 0 Å². The summed E-state index contributed by atoms with van der Waals surface area (Å²) < 4.78 is 4.18. The van der Waals surface area contributed by atoms with Crippen molar-refractivity contribution in [3.8, 4) is 5.75 Å². The Hall–Kier alpha value is -0.950. The fourth-order valence-electron chi connectivity index (χ4n) is 2.24. The van der Waals surface area contributed by atoms with Crippen molar-refractivity contribution in [3.05, 3.63) is 33.4 Å². The van der Waals surface area contributed by atoms with Gasteiger partial charge in [0.15, 0.2) is 11.5 Å². The number of fused-ring (bicyclic) bond motifs is 1. The summed E-state index contributed by atoms with van der Waals surface area (Å²) >= 11 is 6.68. The number of rotatable bonds is 2. The van der Waals surface area contributed by atoms with Crippen molar-refractivity contribution in [2.45, 2.75) is 22.5 Å². The summed E-state index contributed by atoms with van der Waals surface area (Å²) in [7, 11) is 1.38. The number of nitro benzene ring substituents is 1. The van der Waals surface area contributed by atoms with E-state index in [9.17, 15) is 14.9 Å². The minimum absolute atomic E-state index is 0.106. The standard InChI is InChI=1S/C12H11Br2NO4/c1-19-9-5-4-8-7(10(9)15(17)18)3-2-6-12(13,14)11(8)16/h4-5H,2-3,6H2,1H3. The maximum atomic E-state index is 12.4. The van der Waals surface area contributed by atoms with E-state index in [-0.39, 0.29) is 17.2 Å². The molecule has 0 aliphatic heterocycles. The lowest BCUT2D eigenvalue weighted by atomic mass is 9.99. The van der Waals surface area contributed by atoms with Gasteiger partial charge in [-0.1, -0.05) is 31.9 Å². The summed E-state index contributed by atoms with van der Waals surface area (Å²) in [4.78, 5) is 23.1. The molecule has 7 heteroatoms. The topological polar surface area (TPSA) is 69.4 Å². The van der Waals surface area contributed by atoms with Crippen LogP contribution in [0.2, 0.25) is 0 Å². The first-order valence-electron chi connectivity index (χ1n) is 5.65. The molecule has 0 spiro atoms. The average molecular weight is 393 g/mol. The van der Waals surface area contributed by atoms with Gasteiger partial charge in [-0.2, -0.15) is 0 Å². The molecular weight excluding hydrogens is 382 g/mol. The second-order valence-electron chi connectivity index (χ2n) is 4.29. The van der Waals surface area contributed by atoms with Crippen LogP contribution in [0.1, 0.15) is 28.8 Å². The molecule has 1 aliphatic rings. The Labute approximate surface area is 126 Å². The van der Waals surface area contributed by atoms with E-state index in [1.165, 1.54) is 13.2 Å². The molecular formula is C12H11Br2NO4. The van der Waals surface area contributed by atoms with Gasteiger partial charge in [0.05, 0.1) is 12.0 Å². The van der Waals surface area contributed by atoms with Crippen LogP contribution in [0, 0.1) is 10.1 Å². The molecule has 1 aliphatic carbocycles. The number of ether oxygens (including phenoxy) is 1. The van der Waals surface area contributed by atoms with E-state index in [4.69, 9.17) is 4.74 Å². The van der Waals surface area contributed by atoms with Gasteiger partial charge in [-0.05, 0) is 31.4 Å². The van der Waals surface area contributed by atoms with Gasteiger partial charge in [-0.3, -0.25) is 14.9 Å². The normalized spacial score (nSPS) is 17.5. The lowest BCUT2D eigenvalue weighted by Crippen LogP contribution is -2.23. The van der Waals surface area contributed by atoms with E-state index in [0.717, 1.165) is 0 Å². The predicted molar refractivity (Wildman–Crippen MR) is 77.5 cm³/mol. The number of nitro groups is 1. The fraction of sp³-hybridized carbons (Fsp3) is 0.417. The molecule has 2 rings (SSSR count). The quantitative estimate of drug-likeness (QED) is 0.333. The summed E-state index contributed by atoms with van der Waals surface area (Å²) in [6.45, 7) is 0. The Bertz CT molecular complexity index is 557. The molecule has 0 amide bonds. The van der Waals surface area contributed by atoms with Crippen LogP contribution in [0.5, 0.6) is 5.75 Å². The second-order valence-corrected chi connectivity index (χ2v) is 8.06. The highest BCUT2D eigenvalue weighted by atomic mass is 79.9. The number of carbonyl (C=O) groups excluding carboxylic acids is 1. The van der Waals surface area contributed by atoms with Crippen molar-refractivity contribution >= 4 is 43.3 Å². The van der Waals surface area contributed by atoms with E-state index in [1.54, 1.807) is 6.07 Å². The number of alkyl halides is 2. The molecule has 19 heavy (non-hydrogen) atoms. The minimum atomic E-state index is -0.840. The summed E-state index contributed by atoms with van der Waals surface area (Å²) in [5.74, 6) is -0.000974. The molecule has 0 aromatic heterocycles. The van der Waals surface area contributed by atoms with Gasteiger partial charge in [0.2, 0.25) is 0 Å². The highest BCUT2D eigenvalue weighted by Crippen LogP contribution is 2.43. The Morgan fingerprint density at radius 2 is 2.11 bits per heavy atom. The minimum Gasteiger partial charge on any atom is -0.490 e. The molecule has 0 saturated heterocycles. The Morgan fingerprint density at radius 1 is 1.42 bits per heavy atom. The number of ketones is 1. The smallest absolute Gasteiger partial charge is 0.314 e. The van der Waals surface area contributed by atoms with Crippen molar-refractivity contribution in [1.29, 1.82) is 0 Å². The Morgan fingerprint density at radius 3 is 2.68 bits per heavy atom. The largest absolute Gasteiger partial charge is 0.490 e. The lowest BCUT2D eigenvalue weighted by Gasteiger charge is -2.16. The van der Waals surface area contributed by atoms with Crippen LogP contribution in [0.3, 0.4) is 0 Å². The second kappa shape index (κ2) is 5.20. The number of carbonyl (C=O) groups is 1. The van der Waals surface area contributed by atoms with Gasteiger partial charge in [0.1, 0.15) is 3.23 Å². The van der Waals surface area contributed by atoms with Gasteiger partial charge in [0.25, 0.3) is 0 Å². The van der Waals surface area contributed by atoms with E-state index in [0.29, 0.717) is 30.4 Å². The van der Waals surface area contributed by atoms with Crippen LogP contribution in [-0.2, 0) is 6.42 Å². The number of nitrogens with zero attached hydrogens (tertiary/aromatic N) is 1. The van der Waals surface area contributed by atoms with Gasteiger partial charge >= 0.3 is 5.69 Å². The number of halogens is 2. The van der Waals surface area contributed by atoms with Crippen LogP contribution < -0.4 is 4.74 Å². The molecule has 0 heterocycles. The zero-order valence-electron chi connectivity index (χ0n) is 10.1. The highest BCUT2D eigenvalue weighted by Gasteiger charge is 2.39. The Balaban J connectivity index is 2.69. The zero-order chi connectivity index (χ0) is 14.2. The van der Waals surface area contributed by atoms with Crippen LogP contribution in [-0.4, -0.2) is 21.0 Å². The first kappa shape index (κ1) is 14.5. The van der Waals surface area contributed by atoms with Gasteiger partial charge in [0, 0.05) is 11.1 Å². The SMILES string of the molecule is COc1ccc2c(c1[N+](=O)[O-])CCCC(Br)(Br)C2=O. The number of hydrogen-bond donors (Lipinski definition) is 0. The van der Waals surface area contributed by atoms with Crippen LogP contribution in [0.4, 0.5) is 5.69 Å². The highest BCUT2D eigenvalue weighted by molar-refractivity contribution is 9.25. The summed E-state index contributed by atoms with van der Waals surface area (Å²) in [5.41, 5.74) is 0.722.